The van der Waals surface area contributed by atoms with E-state index in [-0.39, 0.29) is 6.03 Å². The minimum Gasteiger partial charge on any atom is -0.325 e. The summed E-state index contributed by atoms with van der Waals surface area (Å²) in [7, 11) is 0. The highest BCUT2D eigenvalue weighted by Crippen LogP contribution is 2.38. The molecule has 1 aliphatic rings. The van der Waals surface area contributed by atoms with Crippen molar-refractivity contribution in [2.24, 2.45) is 0 Å². The van der Waals surface area contributed by atoms with Crippen LogP contribution in [0.2, 0.25) is 0 Å². The summed E-state index contributed by atoms with van der Waals surface area (Å²) in [6.45, 7) is 5.77. The SMILES string of the molecule is CCCCN(CC)C(=O)Nc1ccccc1SC1CCCC1. The summed E-state index contributed by atoms with van der Waals surface area (Å²) in [4.78, 5) is 15.5. The van der Waals surface area contributed by atoms with Crippen molar-refractivity contribution >= 4 is 23.5 Å². The number of carbonyl (C=O) groups is 1. The van der Waals surface area contributed by atoms with Crippen LogP contribution in [0.5, 0.6) is 0 Å². The monoisotopic (exact) mass is 320 g/mol. The second-order valence-corrected chi connectivity index (χ2v) is 7.23. The normalized spacial score (nSPS) is 15.0. The molecular formula is C18H28N2OS. The number of carbonyl (C=O) groups excluding carboxylic acids is 1. The van der Waals surface area contributed by atoms with Crippen molar-refractivity contribution in [1.82, 2.24) is 4.90 Å². The minimum absolute atomic E-state index is 0.0235. The number of amides is 2. The van der Waals surface area contributed by atoms with Crippen LogP contribution in [0, 0.1) is 0 Å². The Morgan fingerprint density at radius 2 is 2.00 bits per heavy atom. The van der Waals surface area contributed by atoms with Crippen LogP contribution in [0.3, 0.4) is 0 Å². The number of para-hydroxylation sites is 1. The number of anilines is 1. The Kier molecular flexibility index (Phi) is 7.10. The van der Waals surface area contributed by atoms with Gasteiger partial charge in [0.05, 0.1) is 5.69 Å². The number of benzene rings is 1. The summed E-state index contributed by atoms with van der Waals surface area (Å²) < 4.78 is 0. The lowest BCUT2D eigenvalue weighted by Gasteiger charge is -2.22. The van der Waals surface area contributed by atoms with E-state index in [0.717, 1.165) is 31.6 Å². The van der Waals surface area contributed by atoms with E-state index in [0.29, 0.717) is 5.25 Å². The number of thioether (sulfide) groups is 1. The van der Waals surface area contributed by atoms with Gasteiger partial charge in [-0.3, -0.25) is 0 Å². The van der Waals surface area contributed by atoms with Gasteiger partial charge in [0.2, 0.25) is 0 Å². The Morgan fingerprint density at radius 3 is 2.68 bits per heavy atom. The molecular weight excluding hydrogens is 292 g/mol. The number of nitrogens with one attached hydrogen (secondary N) is 1. The van der Waals surface area contributed by atoms with Crippen LogP contribution in [0.4, 0.5) is 10.5 Å². The molecule has 3 nitrogen and oxygen atoms in total. The van der Waals surface area contributed by atoms with Gasteiger partial charge in [-0.1, -0.05) is 38.3 Å². The van der Waals surface area contributed by atoms with Gasteiger partial charge in [-0.25, -0.2) is 4.79 Å². The maximum absolute atomic E-state index is 12.4. The fourth-order valence-electron chi connectivity index (χ4n) is 2.80. The molecule has 0 radical (unpaired) electrons. The molecule has 1 saturated carbocycles. The highest BCUT2D eigenvalue weighted by atomic mass is 32.2. The van der Waals surface area contributed by atoms with E-state index in [9.17, 15) is 4.79 Å². The predicted octanol–water partition coefficient (Wildman–Crippen LogP) is 5.38. The Morgan fingerprint density at radius 1 is 1.27 bits per heavy atom. The van der Waals surface area contributed by atoms with Crippen molar-refractivity contribution in [3.05, 3.63) is 24.3 Å². The van der Waals surface area contributed by atoms with Crippen LogP contribution in [-0.2, 0) is 0 Å². The van der Waals surface area contributed by atoms with Gasteiger partial charge in [-0.05, 0) is 38.3 Å². The Balaban J connectivity index is 2.00. The average Bonchev–Trinajstić information content (AvgIpc) is 3.03. The highest BCUT2D eigenvalue weighted by Gasteiger charge is 2.19. The van der Waals surface area contributed by atoms with Crippen LogP contribution in [0.1, 0.15) is 52.4 Å². The van der Waals surface area contributed by atoms with Crippen molar-refractivity contribution in [3.63, 3.8) is 0 Å². The topological polar surface area (TPSA) is 32.3 Å². The van der Waals surface area contributed by atoms with Crippen LogP contribution in [0.25, 0.3) is 0 Å². The summed E-state index contributed by atoms with van der Waals surface area (Å²) >= 11 is 1.92. The van der Waals surface area contributed by atoms with Crippen LogP contribution in [0.15, 0.2) is 29.2 Å². The van der Waals surface area contributed by atoms with Gasteiger partial charge in [0, 0.05) is 23.2 Å². The quantitative estimate of drug-likeness (QED) is 0.732. The smallest absolute Gasteiger partial charge is 0.321 e. The molecule has 1 aromatic carbocycles. The van der Waals surface area contributed by atoms with E-state index in [1.165, 1.54) is 30.6 Å². The van der Waals surface area contributed by atoms with E-state index >= 15 is 0 Å². The molecule has 122 valence electrons. The lowest BCUT2D eigenvalue weighted by Crippen LogP contribution is -2.35. The second kappa shape index (κ2) is 9.09. The molecule has 2 rings (SSSR count). The van der Waals surface area contributed by atoms with Gasteiger partial charge >= 0.3 is 6.03 Å². The molecule has 0 aliphatic heterocycles. The highest BCUT2D eigenvalue weighted by molar-refractivity contribution is 8.00. The van der Waals surface area contributed by atoms with Gasteiger partial charge < -0.3 is 10.2 Å². The second-order valence-electron chi connectivity index (χ2n) is 5.88. The van der Waals surface area contributed by atoms with Crippen molar-refractivity contribution in [1.29, 1.82) is 0 Å². The van der Waals surface area contributed by atoms with E-state index in [1.54, 1.807) is 0 Å². The van der Waals surface area contributed by atoms with Gasteiger partial charge in [-0.2, -0.15) is 0 Å². The van der Waals surface area contributed by atoms with Crippen molar-refractivity contribution in [2.45, 2.75) is 62.5 Å². The van der Waals surface area contributed by atoms with E-state index in [1.807, 2.05) is 35.7 Å². The molecule has 0 bridgehead atoms. The molecule has 22 heavy (non-hydrogen) atoms. The zero-order chi connectivity index (χ0) is 15.8. The number of unbranched alkanes of at least 4 members (excludes halogenated alkanes) is 1. The first-order chi connectivity index (χ1) is 10.7. The predicted molar refractivity (Wildman–Crippen MR) is 95.7 cm³/mol. The molecule has 0 unspecified atom stereocenters. The molecule has 0 atom stereocenters. The molecule has 0 aromatic heterocycles. The molecule has 1 aliphatic carbocycles. The van der Waals surface area contributed by atoms with Crippen molar-refractivity contribution in [2.75, 3.05) is 18.4 Å². The largest absolute Gasteiger partial charge is 0.325 e. The van der Waals surface area contributed by atoms with E-state index in [4.69, 9.17) is 0 Å². The minimum atomic E-state index is 0.0235. The zero-order valence-corrected chi connectivity index (χ0v) is 14.6. The van der Waals surface area contributed by atoms with Gasteiger partial charge in [-0.15, -0.1) is 11.8 Å². The molecule has 1 N–H and O–H groups in total. The van der Waals surface area contributed by atoms with Crippen LogP contribution >= 0.6 is 11.8 Å². The number of hydrogen-bond donors (Lipinski definition) is 1. The first-order valence-electron chi connectivity index (χ1n) is 8.56. The van der Waals surface area contributed by atoms with Gasteiger partial charge in [0.15, 0.2) is 0 Å². The van der Waals surface area contributed by atoms with Gasteiger partial charge in [0.25, 0.3) is 0 Å². The van der Waals surface area contributed by atoms with Crippen LogP contribution in [-0.4, -0.2) is 29.3 Å². The lowest BCUT2D eigenvalue weighted by atomic mass is 10.3. The summed E-state index contributed by atoms with van der Waals surface area (Å²) in [6.07, 6.45) is 7.44. The Bertz CT molecular complexity index is 472. The fourth-order valence-corrected chi connectivity index (χ4v) is 4.14. The fraction of sp³-hybridized carbons (Fsp3) is 0.611. The van der Waals surface area contributed by atoms with Crippen molar-refractivity contribution in [3.8, 4) is 0 Å². The van der Waals surface area contributed by atoms with E-state index in [2.05, 4.69) is 24.4 Å². The third kappa shape index (κ3) is 4.94. The molecule has 2 amide bonds. The first kappa shape index (κ1) is 17.2. The number of urea groups is 1. The lowest BCUT2D eigenvalue weighted by molar-refractivity contribution is 0.213. The Labute approximate surface area is 138 Å². The van der Waals surface area contributed by atoms with Crippen LogP contribution < -0.4 is 5.32 Å². The Hall–Kier alpha value is -1.16. The summed E-state index contributed by atoms with van der Waals surface area (Å²) in [5, 5.41) is 3.82. The van der Waals surface area contributed by atoms with E-state index < -0.39 is 0 Å². The zero-order valence-electron chi connectivity index (χ0n) is 13.8. The summed E-state index contributed by atoms with van der Waals surface area (Å²) in [5.74, 6) is 0. The molecule has 1 fully saturated rings. The molecule has 0 heterocycles. The van der Waals surface area contributed by atoms with Crippen molar-refractivity contribution < 1.29 is 4.79 Å². The maximum atomic E-state index is 12.4. The third-order valence-corrected chi connectivity index (χ3v) is 5.59. The number of nitrogens with zero attached hydrogens (tertiary/aromatic N) is 1. The standard InChI is InChI=1S/C18H28N2OS/c1-3-5-14-20(4-2)18(21)19-16-12-8-9-13-17(16)22-15-10-6-7-11-15/h8-9,12-13,15H,3-7,10-11,14H2,1-2H3,(H,19,21). The average molecular weight is 321 g/mol. The van der Waals surface area contributed by atoms with Gasteiger partial charge in [0.1, 0.15) is 0 Å². The first-order valence-corrected chi connectivity index (χ1v) is 9.44. The summed E-state index contributed by atoms with van der Waals surface area (Å²) in [6, 6.07) is 8.22. The number of hydrogen-bond acceptors (Lipinski definition) is 2. The summed E-state index contributed by atoms with van der Waals surface area (Å²) in [5.41, 5.74) is 0.958. The molecule has 4 heteroatoms. The molecule has 0 saturated heterocycles. The molecule has 1 aromatic rings. The molecule has 0 spiro atoms. The maximum Gasteiger partial charge on any atom is 0.321 e. The number of rotatable bonds is 7. The third-order valence-electron chi connectivity index (χ3n) is 4.18.